The van der Waals surface area contributed by atoms with E-state index in [1.807, 2.05) is 6.92 Å². The van der Waals surface area contributed by atoms with E-state index in [0.717, 1.165) is 35.6 Å². The zero-order valence-electron chi connectivity index (χ0n) is 18.3. The van der Waals surface area contributed by atoms with Crippen LogP contribution in [0.4, 0.5) is 5.69 Å². The number of nitrogens with zero attached hydrogens (tertiary/aromatic N) is 2. The fraction of sp³-hybridized carbons (Fsp3) is 0.304. The molecule has 1 aliphatic rings. The Morgan fingerprint density at radius 1 is 1.12 bits per heavy atom. The lowest BCUT2D eigenvalue weighted by atomic mass is 9.98. The Morgan fingerprint density at radius 2 is 1.78 bits per heavy atom. The highest BCUT2D eigenvalue weighted by atomic mass is 35.5. The maximum atomic E-state index is 12.6. The molecule has 0 fully saturated rings. The number of fused-ring (bicyclic) bond motifs is 1. The molecule has 1 amide bonds. The Kier molecular flexibility index (Phi) is 7.15. The molecule has 9 heteroatoms. The molecule has 1 aliphatic carbocycles. The minimum atomic E-state index is -0.744. The third-order valence-electron chi connectivity index (χ3n) is 5.46. The fourth-order valence-electron chi connectivity index (χ4n) is 3.59. The summed E-state index contributed by atoms with van der Waals surface area (Å²) in [5.74, 6) is -0.394. The van der Waals surface area contributed by atoms with Gasteiger partial charge in [-0.05, 0) is 67.0 Å². The third kappa shape index (κ3) is 4.75. The number of aryl methyl sites for hydroxylation is 3. The van der Waals surface area contributed by atoms with E-state index in [1.54, 1.807) is 0 Å². The van der Waals surface area contributed by atoms with Gasteiger partial charge in [0, 0.05) is 6.07 Å². The molecular weight excluding hydrogens is 434 g/mol. The first-order valence-electron chi connectivity index (χ1n) is 9.99. The topological polar surface area (TPSA) is 103 Å². The van der Waals surface area contributed by atoms with Crippen LogP contribution in [0.15, 0.2) is 34.9 Å². The van der Waals surface area contributed by atoms with E-state index < -0.39 is 16.5 Å². The number of allylic oxidation sites excluding steroid dienone is 1. The van der Waals surface area contributed by atoms with Gasteiger partial charge in [0.1, 0.15) is 5.56 Å². The predicted molar refractivity (Wildman–Crippen MR) is 124 cm³/mol. The van der Waals surface area contributed by atoms with Crippen molar-refractivity contribution in [3.05, 3.63) is 67.8 Å². The molecule has 168 valence electrons. The quantitative estimate of drug-likeness (QED) is 0.376. The zero-order valence-corrected chi connectivity index (χ0v) is 19.1. The van der Waals surface area contributed by atoms with Gasteiger partial charge in [-0.2, -0.15) is 5.10 Å². The number of nitro groups is 1. The van der Waals surface area contributed by atoms with E-state index in [-0.39, 0.29) is 17.1 Å². The molecule has 0 aromatic heterocycles. The van der Waals surface area contributed by atoms with Gasteiger partial charge < -0.3 is 9.47 Å². The van der Waals surface area contributed by atoms with E-state index in [2.05, 4.69) is 29.6 Å². The van der Waals surface area contributed by atoms with Gasteiger partial charge in [-0.1, -0.05) is 17.7 Å². The summed E-state index contributed by atoms with van der Waals surface area (Å²) in [7, 11) is 2.74. The molecule has 0 aliphatic heterocycles. The number of benzene rings is 2. The maximum Gasteiger partial charge on any atom is 0.286 e. The van der Waals surface area contributed by atoms with E-state index in [9.17, 15) is 14.9 Å². The van der Waals surface area contributed by atoms with E-state index in [1.165, 1.54) is 37.6 Å². The summed E-state index contributed by atoms with van der Waals surface area (Å²) in [6.45, 7) is 4.11. The Bertz CT molecular complexity index is 1140. The summed E-state index contributed by atoms with van der Waals surface area (Å²) in [5.41, 5.74) is 7.05. The predicted octanol–water partition coefficient (Wildman–Crippen LogP) is 4.93. The van der Waals surface area contributed by atoms with Crippen LogP contribution in [0.3, 0.4) is 0 Å². The molecule has 0 bridgehead atoms. The first-order valence-corrected chi connectivity index (χ1v) is 10.4. The molecule has 1 N–H and O–H groups in total. The minimum Gasteiger partial charge on any atom is -0.493 e. The average Bonchev–Trinajstić information content (AvgIpc) is 2.91. The van der Waals surface area contributed by atoms with Gasteiger partial charge in [-0.15, -0.1) is 0 Å². The number of ether oxygens (including phenoxy) is 2. The summed E-state index contributed by atoms with van der Waals surface area (Å²) in [4.78, 5) is 23.4. The molecule has 0 saturated carbocycles. The number of methoxy groups -OCH3 is 2. The number of carbonyl (C=O) groups excluding carboxylic acids is 1. The third-order valence-corrected chi connectivity index (χ3v) is 5.91. The number of hydrogen-bond acceptors (Lipinski definition) is 6. The van der Waals surface area contributed by atoms with Crippen LogP contribution >= 0.6 is 11.6 Å². The lowest BCUT2D eigenvalue weighted by Gasteiger charge is -2.11. The van der Waals surface area contributed by atoms with Crippen molar-refractivity contribution in [1.29, 1.82) is 0 Å². The number of nitro benzene ring substituents is 1. The molecule has 8 nitrogen and oxygen atoms in total. The lowest BCUT2D eigenvalue weighted by molar-refractivity contribution is -0.385. The van der Waals surface area contributed by atoms with Crippen LogP contribution in [0.1, 0.15) is 45.5 Å². The number of hydrazone groups is 1. The van der Waals surface area contributed by atoms with Crippen molar-refractivity contribution >= 4 is 34.4 Å². The Balaban J connectivity index is 1.88. The molecule has 2 aromatic rings. The number of halogens is 1. The average molecular weight is 458 g/mol. The molecule has 0 heterocycles. The van der Waals surface area contributed by atoms with Crippen molar-refractivity contribution in [2.24, 2.45) is 5.10 Å². The largest absolute Gasteiger partial charge is 0.493 e. The van der Waals surface area contributed by atoms with Crippen molar-refractivity contribution in [2.45, 2.75) is 33.1 Å². The van der Waals surface area contributed by atoms with Gasteiger partial charge in [0.2, 0.25) is 0 Å². The van der Waals surface area contributed by atoms with Gasteiger partial charge in [-0.3, -0.25) is 14.9 Å². The number of amides is 1. The van der Waals surface area contributed by atoms with Gasteiger partial charge in [0.15, 0.2) is 11.5 Å². The standard InChI is InChI=1S/C23H24ClN3O5/c1-13-8-15-6-5-7-16(22(24)17(15)9-14(13)2)12-25-26-23(28)18-10-20(31-3)21(32-4)11-19(18)27(29)30/h8-12H,5-7H2,1-4H3,(H,26,28)/b25-12+. The lowest BCUT2D eigenvalue weighted by Crippen LogP contribution is -2.19. The molecule has 2 aromatic carbocycles. The summed E-state index contributed by atoms with van der Waals surface area (Å²) in [6.07, 6.45) is 3.98. The van der Waals surface area contributed by atoms with Crippen molar-refractivity contribution in [2.75, 3.05) is 14.2 Å². The van der Waals surface area contributed by atoms with Crippen molar-refractivity contribution in [3.63, 3.8) is 0 Å². The molecule has 3 rings (SSSR count). The molecule has 0 unspecified atom stereocenters. The Hall–Kier alpha value is -3.39. The number of nitrogens with one attached hydrogen (secondary N) is 1. The van der Waals surface area contributed by atoms with Crippen LogP contribution in [0, 0.1) is 24.0 Å². The molecule has 0 atom stereocenters. The highest BCUT2D eigenvalue weighted by Crippen LogP contribution is 2.35. The molecule has 0 radical (unpaired) electrons. The number of carbonyl (C=O) groups is 1. The van der Waals surface area contributed by atoms with Crippen LogP contribution in [0.5, 0.6) is 11.5 Å². The van der Waals surface area contributed by atoms with Gasteiger partial charge in [0.05, 0.1) is 36.5 Å². The first-order chi connectivity index (χ1) is 15.3. The first kappa shape index (κ1) is 23.3. The molecule has 32 heavy (non-hydrogen) atoms. The molecule has 0 spiro atoms. The van der Waals surface area contributed by atoms with Crippen molar-refractivity contribution in [1.82, 2.24) is 5.43 Å². The molecule has 0 saturated heterocycles. The van der Waals surface area contributed by atoms with E-state index in [0.29, 0.717) is 11.5 Å². The SMILES string of the molecule is COc1cc(C(=O)N/N=C/C2=C(Cl)c3cc(C)c(C)cc3CCC2)c([N+](=O)[O-])cc1OC. The summed E-state index contributed by atoms with van der Waals surface area (Å²) in [5, 5.41) is 16.0. The highest BCUT2D eigenvalue weighted by Gasteiger charge is 2.24. The van der Waals surface area contributed by atoms with Crippen molar-refractivity contribution in [3.8, 4) is 11.5 Å². The van der Waals surface area contributed by atoms with E-state index >= 15 is 0 Å². The summed E-state index contributed by atoms with van der Waals surface area (Å²) in [6, 6.07) is 6.62. The van der Waals surface area contributed by atoms with Crippen LogP contribution in [-0.4, -0.2) is 31.3 Å². The monoisotopic (exact) mass is 457 g/mol. The van der Waals surface area contributed by atoms with Gasteiger partial charge in [-0.25, -0.2) is 5.43 Å². The number of hydrogen-bond donors (Lipinski definition) is 1. The second kappa shape index (κ2) is 9.82. The smallest absolute Gasteiger partial charge is 0.286 e. The van der Waals surface area contributed by atoms with Crippen LogP contribution < -0.4 is 14.9 Å². The second-order valence-electron chi connectivity index (χ2n) is 7.47. The summed E-state index contributed by atoms with van der Waals surface area (Å²) >= 11 is 6.67. The second-order valence-corrected chi connectivity index (χ2v) is 7.84. The van der Waals surface area contributed by atoms with Crippen LogP contribution in [0.2, 0.25) is 0 Å². The van der Waals surface area contributed by atoms with Gasteiger partial charge in [0.25, 0.3) is 11.6 Å². The van der Waals surface area contributed by atoms with Crippen LogP contribution in [0.25, 0.3) is 5.03 Å². The minimum absolute atomic E-state index is 0.152. The summed E-state index contributed by atoms with van der Waals surface area (Å²) < 4.78 is 10.2. The van der Waals surface area contributed by atoms with Crippen molar-refractivity contribution < 1.29 is 19.2 Å². The van der Waals surface area contributed by atoms with E-state index in [4.69, 9.17) is 21.1 Å². The number of rotatable bonds is 6. The highest BCUT2D eigenvalue weighted by molar-refractivity contribution is 6.50. The molecular formula is C23H24ClN3O5. The zero-order chi connectivity index (χ0) is 23.4. The fourth-order valence-corrected chi connectivity index (χ4v) is 3.91. The normalized spacial score (nSPS) is 13.5. The van der Waals surface area contributed by atoms with Crippen LogP contribution in [-0.2, 0) is 6.42 Å². The van der Waals surface area contributed by atoms with Gasteiger partial charge >= 0.3 is 0 Å². The maximum absolute atomic E-state index is 12.6. The Labute approximate surface area is 191 Å². The Morgan fingerprint density at radius 3 is 2.44 bits per heavy atom.